The maximum absolute atomic E-state index is 13.5. The highest BCUT2D eigenvalue weighted by Gasteiger charge is 2.17. The van der Waals surface area contributed by atoms with Crippen LogP contribution >= 0.6 is 11.8 Å². The molecule has 2 aromatic heterocycles. The van der Waals surface area contributed by atoms with E-state index in [9.17, 15) is 8.78 Å². The zero-order chi connectivity index (χ0) is 21.9. The molecule has 5 nitrogen and oxygen atoms in total. The average molecular weight is 446 g/mol. The molecule has 0 radical (unpaired) electrons. The van der Waals surface area contributed by atoms with Gasteiger partial charge in [-0.25, -0.2) is 13.8 Å². The smallest absolute Gasteiger partial charge is 0.205 e. The number of oxazole rings is 1. The Bertz CT molecular complexity index is 1330. The van der Waals surface area contributed by atoms with Crippen LogP contribution in [0.25, 0.3) is 28.4 Å². The molecular weight excluding hydrogens is 430 g/mol. The molecule has 5 rings (SSSR count). The summed E-state index contributed by atoms with van der Waals surface area (Å²) in [5.41, 5.74) is 2.39. The predicted octanol–water partition coefficient (Wildman–Crippen LogP) is 6.16. The molecule has 0 aliphatic carbocycles. The third-order valence-corrected chi connectivity index (χ3v) is 5.67. The lowest BCUT2D eigenvalue weighted by Crippen LogP contribution is -2.00. The van der Waals surface area contributed by atoms with Gasteiger partial charge in [-0.1, -0.05) is 42.1 Å². The number of halogens is 2. The van der Waals surface area contributed by atoms with Gasteiger partial charge in [0.2, 0.25) is 5.89 Å². The van der Waals surface area contributed by atoms with Gasteiger partial charge in [0.15, 0.2) is 16.7 Å². The zero-order valence-corrected chi connectivity index (χ0v) is 17.5. The van der Waals surface area contributed by atoms with Gasteiger partial charge >= 0.3 is 0 Å². The van der Waals surface area contributed by atoms with Crippen molar-refractivity contribution in [2.45, 2.75) is 10.9 Å². The lowest BCUT2D eigenvalue weighted by molar-refractivity contribution is 0.529. The molecule has 0 bridgehead atoms. The fraction of sp³-hybridized carbons (Fsp3) is 0.0417. The molecule has 158 valence electrons. The first-order valence-electron chi connectivity index (χ1n) is 9.77. The first-order chi connectivity index (χ1) is 15.7. The minimum absolute atomic E-state index is 0.307. The predicted molar refractivity (Wildman–Crippen MR) is 118 cm³/mol. The fourth-order valence-electron chi connectivity index (χ4n) is 3.21. The van der Waals surface area contributed by atoms with Crippen LogP contribution < -0.4 is 0 Å². The van der Waals surface area contributed by atoms with Crippen LogP contribution in [0.4, 0.5) is 8.78 Å². The molecule has 0 spiro atoms. The van der Waals surface area contributed by atoms with E-state index in [2.05, 4.69) is 15.2 Å². The second-order valence-corrected chi connectivity index (χ2v) is 7.84. The maximum Gasteiger partial charge on any atom is 0.205 e. The minimum Gasteiger partial charge on any atom is -0.440 e. The summed E-state index contributed by atoms with van der Waals surface area (Å²) in [6.07, 6.45) is 1.61. The van der Waals surface area contributed by atoms with E-state index in [1.807, 2.05) is 34.9 Å². The second kappa shape index (κ2) is 8.76. The number of nitrogens with zero attached hydrogens (tertiary/aromatic N) is 4. The molecular formula is C24H16F2N4OS. The third-order valence-electron chi connectivity index (χ3n) is 4.76. The highest BCUT2D eigenvalue weighted by atomic mass is 32.2. The summed E-state index contributed by atoms with van der Waals surface area (Å²) in [4.78, 5) is 4.32. The van der Waals surface area contributed by atoms with E-state index in [1.54, 1.807) is 30.5 Å². The Morgan fingerprint density at radius 1 is 0.781 bits per heavy atom. The van der Waals surface area contributed by atoms with Gasteiger partial charge in [-0.05, 0) is 48.5 Å². The minimum atomic E-state index is -0.314. The van der Waals surface area contributed by atoms with Crippen molar-refractivity contribution in [1.29, 1.82) is 0 Å². The molecule has 2 heterocycles. The molecule has 3 aromatic carbocycles. The molecule has 0 saturated carbocycles. The summed E-state index contributed by atoms with van der Waals surface area (Å²) >= 11 is 1.41. The molecule has 8 heteroatoms. The topological polar surface area (TPSA) is 56.7 Å². The number of thioether (sulfide) groups is 1. The Morgan fingerprint density at radius 2 is 1.47 bits per heavy atom. The van der Waals surface area contributed by atoms with Gasteiger partial charge in [0.25, 0.3) is 0 Å². The van der Waals surface area contributed by atoms with Crippen molar-refractivity contribution in [3.8, 4) is 28.4 Å². The van der Waals surface area contributed by atoms with E-state index in [0.29, 0.717) is 28.4 Å². The summed E-state index contributed by atoms with van der Waals surface area (Å²) in [6, 6.07) is 21.9. The van der Waals surface area contributed by atoms with Crippen LogP contribution in [0.1, 0.15) is 5.89 Å². The number of hydrogen-bond acceptors (Lipinski definition) is 5. The molecule has 0 atom stereocenters. The Balaban J connectivity index is 1.43. The van der Waals surface area contributed by atoms with E-state index >= 15 is 0 Å². The van der Waals surface area contributed by atoms with Crippen molar-refractivity contribution >= 4 is 11.8 Å². The monoisotopic (exact) mass is 446 g/mol. The third kappa shape index (κ3) is 4.17. The van der Waals surface area contributed by atoms with Crippen molar-refractivity contribution in [2.24, 2.45) is 0 Å². The Labute approximate surface area is 186 Å². The van der Waals surface area contributed by atoms with Crippen molar-refractivity contribution in [1.82, 2.24) is 19.7 Å². The summed E-state index contributed by atoms with van der Waals surface area (Å²) in [5.74, 6) is 1.51. The van der Waals surface area contributed by atoms with Crippen molar-refractivity contribution in [3.05, 3.63) is 103 Å². The van der Waals surface area contributed by atoms with E-state index in [0.717, 1.165) is 16.8 Å². The number of benzene rings is 3. The van der Waals surface area contributed by atoms with Crippen LogP contribution in [-0.4, -0.2) is 19.7 Å². The summed E-state index contributed by atoms with van der Waals surface area (Å²) in [6.45, 7) is 0. The van der Waals surface area contributed by atoms with Gasteiger partial charge in [-0.2, -0.15) is 0 Å². The maximum atomic E-state index is 13.5. The Kier molecular flexibility index (Phi) is 5.51. The number of hydrogen-bond donors (Lipinski definition) is 0. The van der Waals surface area contributed by atoms with Gasteiger partial charge in [-0.15, -0.1) is 10.2 Å². The van der Waals surface area contributed by atoms with Crippen LogP contribution in [0.15, 0.2) is 94.6 Å². The molecule has 0 amide bonds. The average Bonchev–Trinajstić information content (AvgIpc) is 3.47. The lowest BCUT2D eigenvalue weighted by Gasteiger charge is -2.10. The quantitative estimate of drug-likeness (QED) is 0.292. The first kappa shape index (κ1) is 20.1. The van der Waals surface area contributed by atoms with Crippen LogP contribution in [0.3, 0.4) is 0 Å². The van der Waals surface area contributed by atoms with Crippen LogP contribution in [-0.2, 0) is 5.75 Å². The molecule has 0 fully saturated rings. The van der Waals surface area contributed by atoms with Crippen LogP contribution in [0.5, 0.6) is 0 Å². The summed E-state index contributed by atoms with van der Waals surface area (Å²) in [7, 11) is 0. The normalized spacial score (nSPS) is 11.1. The molecule has 0 aliphatic heterocycles. The first-order valence-corrected chi connectivity index (χ1v) is 10.8. The second-order valence-electron chi connectivity index (χ2n) is 6.90. The van der Waals surface area contributed by atoms with Gasteiger partial charge in [0.05, 0.1) is 11.9 Å². The fourth-order valence-corrected chi connectivity index (χ4v) is 4.02. The van der Waals surface area contributed by atoms with E-state index in [-0.39, 0.29) is 11.6 Å². The van der Waals surface area contributed by atoms with Crippen LogP contribution in [0.2, 0.25) is 0 Å². The van der Waals surface area contributed by atoms with E-state index in [1.165, 1.54) is 36.0 Å². The molecule has 32 heavy (non-hydrogen) atoms. The molecule has 0 N–H and O–H groups in total. The summed E-state index contributed by atoms with van der Waals surface area (Å²) in [5, 5.41) is 9.34. The van der Waals surface area contributed by atoms with Crippen molar-refractivity contribution in [2.75, 3.05) is 0 Å². The van der Waals surface area contributed by atoms with Gasteiger partial charge in [0, 0.05) is 16.8 Å². The van der Waals surface area contributed by atoms with E-state index < -0.39 is 0 Å². The SMILES string of the molecule is Fc1ccc(-c2cnc(CSc3nnc(-c4ccccc4)n3-c3ccc(F)cc3)o2)cc1. The van der Waals surface area contributed by atoms with Crippen molar-refractivity contribution in [3.63, 3.8) is 0 Å². The highest BCUT2D eigenvalue weighted by Crippen LogP contribution is 2.30. The number of aromatic nitrogens is 4. The molecule has 0 aliphatic rings. The van der Waals surface area contributed by atoms with E-state index in [4.69, 9.17) is 4.42 Å². The highest BCUT2D eigenvalue weighted by molar-refractivity contribution is 7.98. The molecule has 5 aromatic rings. The number of rotatable bonds is 6. The largest absolute Gasteiger partial charge is 0.440 e. The van der Waals surface area contributed by atoms with Crippen LogP contribution in [0, 0.1) is 11.6 Å². The van der Waals surface area contributed by atoms with Crippen molar-refractivity contribution < 1.29 is 13.2 Å². The Morgan fingerprint density at radius 3 is 2.19 bits per heavy atom. The lowest BCUT2D eigenvalue weighted by atomic mass is 10.2. The Hall–Kier alpha value is -3.78. The molecule has 0 unspecified atom stereocenters. The standard InChI is InChI=1S/C24H16F2N4OS/c25-18-8-6-16(7-9-18)21-14-27-22(31-21)15-32-24-29-28-23(17-4-2-1-3-5-17)30(24)20-12-10-19(26)11-13-20/h1-14H,15H2. The zero-order valence-electron chi connectivity index (χ0n) is 16.7. The van der Waals surface area contributed by atoms with Gasteiger partial charge in [0.1, 0.15) is 11.6 Å². The molecule has 0 saturated heterocycles. The summed E-state index contributed by atoms with van der Waals surface area (Å²) < 4.78 is 34.4. The van der Waals surface area contributed by atoms with Gasteiger partial charge in [-0.3, -0.25) is 4.57 Å². The van der Waals surface area contributed by atoms with Gasteiger partial charge < -0.3 is 4.42 Å².